The quantitative estimate of drug-likeness (QED) is 0.785. The standard InChI is InChI=1S/C11H21N3S/c1-9-7-15-10(14-9)13-8-11(2,3)5-4-6-12/h7H,4-6,8,12H2,1-3H3,(H,13,14). The van der Waals surface area contributed by atoms with Gasteiger partial charge in [0.05, 0.1) is 5.69 Å². The van der Waals surface area contributed by atoms with Crippen LogP contribution in [0.25, 0.3) is 0 Å². The summed E-state index contributed by atoms with van der Waals surface area (Å²) in [7, 11) is 0. The van der Waals surface area contributed by atoms with Gasteiger partial charge in [-0.2, -0.15) is 0 Å². The molecule has 4 heteroatoms. The molecule has 0 bridgehead atoms. The van der Waals surface area contributed by atoms with E-state index in [-0.39, 0.29) is 0 Å². The van der Waals surface area contributed by atoms with Gasteiger partial charge in [0.2, 0.25) is 0 Å². The van der Waals surface area contributed by atoms with Crippen LogP contribution in [0.2, 0.25) is 0 Å². The molecular formula is C11H21N3S. The number of aryl methyl sites for hydroxylation is 1. The van der Waals surface area contributed by atoms with Crippen molar-refractivity contribution < 1.29 is 0 Å². The van der Waals surface area contributed by atoms with Crippen molar-refractivity contribution >= 4 is 16.5 Å². The fourth-order valence-electron chi connectivity index (χ4n) is 1.42. The number of rotatable bonds is 6. The van der Waals surface area contributed by atoms with E-state index >= 15 is 0 Å². The molecule has 0 unspecified atom stereocenters. The summed E-state index contributed by atoms with van der Waals surface area (Å²) >= 11 is 1.67. The molecule has 1 rings (SSSR count). The second-order valence-corrected chi connectivity index (χ2v) is 5.56. The molecule has 0 fully saturated rings. The maximum atomic E-state index is 5.52. The number of nitrogens with two attached hydrogens (primary N) is 1. The van der Waals surface area contributed by atoms with Crippen LogP contribution in [0.5, 0.6) is 0 Å². The Kier molecular flexibility index (Phi) is 4.54. The number of hydrogen-bond acceptors (Lipinski definition) is 4. The maximum absolute atomic E-state index is 5.52. The van der Waals surface area contributed by atoms with Crippen LogP contribution in [0, 0.1) is 12.3 Å². The Bertz CT molecular complexity index is 294. The first kappa shape index (κ1) is 12.5. The normalized spacial score (nSPS) is 11.7. The van der Waals surface area contributed by atoms with Crippen molar-refractivity contribution in [2.24, 2.45) is 11.1 Å². The molecule has 3 nitrogen and oxygen atoms in total. The molecule has 1 heterocycles. The molecule has 0 spiro atoms. The summed E-state index contributed by atoms with van der Waals surface area (Å²) in [5.41, 5.74) is 6.89. The number of thiazole rings is 1. The Morgan fingerprint density at radius 1 is 1.53 bits per heavy atom. The second kappa shape index (κ2) is 5.47. The van der Waals surface area contributed by atoms with Gasteiger partial charge in [-0.25, -0.2) is 4.98 Å². The number of aromatic nitrogens is 1. The average molecular weight is 227 g/mol. The van der Waals surface area contributed by atoms with Gasteiger partial charge >= 0.3 is 0 Å². The first-order chi connectivity index (χ1) is 7.03. The summed E-state index contributed by atoms with van der Waals surface area (Å²) in [5.74, 6) is 0. The smallest absolute Gasteiger partial charge is 0.182 e. The first-order valence-corrected chi connectivity index (χ1v) is 6.27. The third-order valence-corrected chi connectivity index (χ3v) is 3.31. The molecule has 0 aliphatic carbocycles. The fraction of sp³-hybridized carbons (Fsp3) is 0.727. The molecular weight excluding hydrogens is 206 g/mol. The van der Waals surface area contributed by atoms with E-state index in [1.165, 1.54) is 0 Å². The lowest BCUT2D eigenvalue weighted by atomic mass is 9.88. The highest BCUT2D eigenvalue weighted by Crippen LogP contribution is 2.23. The summed E-state index contributed by atoms with van der Waals surface area (Å²) in [6, 6.07) is 0. The third kappa shape index (κ3) is 4.62. The van der Waals surface area contributed by atoms with E-state index in [0.29, 0.717) is 5.41 Å². The van der Waals surface area contributed by atoms with Crippen molar-refractivity contribution in [2.45, 2.75) is 33.6 Å². The predicted molar refractivity (Wildman–Crippen MR) is 67.4 cm³/mol. The van der Waals surface area contributed by atoms with Crippen LogP contribution < -0.4 is 11.1 Å². The zero-order valence-corrected chi connectivity index (χ0v) is 10.7. The van der Waals surface area contributed by atoms with Crippen molar-refractivity contribution in [3.63, 3.8) is 0 Å². The van der Waals surface area contributed by atoms with Crippen molar-refractivity contribution in [1.29, 1.82) is 0 Å². The minimum Gasteiger partial charge on any atom is -0.361 e. The van der Waals surface area contributed by atoms with Crippen molar-refractivity contribution in [1.82, 2.24) is 4.98 Å². The molecule has 1 aromatic rings. The molecule has 1 aromatic heterocycles. The van der Waals surface area contributed by atoms with Gasteiger partial charge in [0.1, 0.15) is 0 Å². The highest BCUT2D eigenvalue weighted by molar-refractivity contribution is 7.13. The average Bonchev–Trinajstić information content (AvgIpc) is 2.59. The van der Waals surface area contributed by atoms with Crippen LogP contribution in [-0.4, -0.2) is 18.1 Å². The lowest BCUT2D eigenvalue weighted by Crippen LogP contribution is -2.24. The summed E-state index contributed by atoms with van der Waals surface area (Å²) in [4.78, 5) is 4.38. The van der Waals surface area contributed by atoms with E-state index in [1.54, 1.807) is 11.3 Å². The largest absolute Gasteiger partial charge is 0.361 e. The molecule has 0 amide bonds. The number of nitrogens with zero attached hydrogens (tertiary/aromatic N) is 1. The Balaban J connectivity index is 2.35. The lowest BCUT2D eigenvalue weighted by molar-refractivity contribution is 0.350. The summed E-state index contributed by atoms with van der Waals surface area (Å²) in [6.45, 7) is 8.27. The minimum absolute atomic E-state index is 0.291. The fourth-order valence-corrected chi connectivity index (χ4v) is 2.11. The van der Waals surface area contributed by atoms with Crippen molar-refractivity contribution in [3.05, 3.63) is 11.1 Å². The van der Waals surface area contributed by atoms with E-state index in [9.17, 15) is 0 Å². The zero-order valence-electron chi connectivity index (χ0n) is 9.84. The summed E-state index contributed by atoms with van der Waals surface area (Å²) < 4.78 is 0. The van der Waals surface area contributed by atoms with Crippen LogP contribution >= 0.6 is 11.3 Å². The third-order valence-electron chi connectivity index (χ3n) is 2.39. The number of nitrogens with one attached hydrogen (secondary N) is 1. The highest BCUT2D eigenvalue weighted by Gasteiger charge is 2.17. The monoisotopic (exact) mass is 227 g/mol. The van der Waals surface area contributed by atoms with E-state index in [0.717, 1.165) is 36.8 Å². The topological polar surface area (TPSA) is 50.9 Å². The highest BCUT2D eigenvalue weighted by atomic mass is 32.1. The lowest BCUT2D eigenvalue weighted by Gasteiger charge is -2.24. The Morgan fingerprint density at radius 2 is 2.27 bits per heavy atom. The van der Waals surface area contributed by atoms with Crippen LogP contribution in [0.1, 0.15) is 32.4 Å². The van der Waals surface area contributed by atoms with Crippen LogP contribution in [-0.2, 0) is 0 Å². The first-order valence-electron chi connectivity index (χ1n) is 5.39. The van der Waals surface area contributed by atoms with Gasteiger partial charge in [0.15, 0.2) is 5.13 Å². The van der Waals surface area contributed by atoms with Gasteiger partial charge in [0, 0.05) is 11.9 Å². The molecule has 0 atom stereocenters. The van der Waals surface area contributed by atoms with E-state index < -0.39 is 0 Å². The molecule has 15 heavy (non-hydrogen) atoms. The molecule has 86 valence electrons. The number of hydrogen-bond donors (Lipinski definition) is 2. The van der Waals surface area contributed by atoms with Gasteiger partial charge in [-0.1, -0.05) is 13.8 Å². The molecule has 0 saturated heterocycles. The van der Waals surface area contributed by atoms with Gasteiger partial charge < -0.3 is 11.1 Å². The number of anilines is 1. The molecule has 0 saturated carbocycles. The second-order valence-electron chi connectivity index (χ2n) is 4.70. The molecule has 3 N–H and O–H groups in total. The van der Waals surface area contributed by atoms with E-state index in [2.05, 4.69) is 29.5 Å². The van der Waals surface area contributed by atoms with Gasteiger partial charge in [-0.15, -0.1) is 11.3 Å². The van der Waals surface area contributed by atoms with Crippen LogP contribution in [0.15, 0.2) is 5.38 Å². The summed E-state index contributed by atoms with van der Waals surface area (Å²) in [6.07, 6.45) is 2.24. The van der Waals surface area contributed by atoms with Crippen LogP contribution in [0.3, 0.4) is 0 Å². The predicted octanol–water partition coefficient (Wildman–Crippen LogP) is 2.63. The zero-order chi connectivity index (χ0) is 11.3. The Labute approximate surface area is 96.1 Å². The minimum atomic E-state index is 0.291. The van der Waals surface area contributed by atoms with Gasteiger partial charge in [-0.05, 0) is 31.7 Å². The molecule has 0 aliphatic rings. The Hall–Kier alpha value is -0.610. The molecule has 0 aliphatic heterocycles. The summed E-state index contributed by atoms with van der Waals surface area (Å²) in [5, 5.41) is 6.47. The van der Waals surface area contributed by atoms with Crippen LogP contribution in [0.4, 0.5) is 5.13 Å². The van der Waals surface area contributed by atoms with Gasteiger partial charge in [-0.3, -0.25) is 0 Å². The SMILES string of the molecule is Cc1csc(NCC(C)(C)CCCN)n1. The van der Waals surface area contributed by atoms with Crippen molar-refractivity contribution in [3.8, 4) is 0 Å². The molecule has 0 radical (unpaired) electrons. The van der Waals surface area contributed by atoms with E-state index in [4.69, 9.17) is 5.73 Å². The Morgan fingerprint density at radius 3 is 2.80 bits per heavy atom. The maximum Gasteiger partial charge on any atom is 0.182 e. The van der Waals surface area contributed by atoms with Gasteiger partial charge in [0.25, 0.3) is 0 Å². The van der Waals surface area contributed by atoms with Crippen molar-refractivity contribution in [2.75, 3.05) is 18.4 Å². The molecule has 0 aromatic carbocycles. The van der Waals surface area contributed by atoms with E-state index in [1.807, 2.05) is 6.92 Å².